The smallest absolute Gasteiger partial charge is 0.160 e. The van der Waals surface area contributed by atoms with E-state index in [4.69, 9.17) is 23.2 Å². The average Bonchev–Trinajstić information content (AvgIpc) is 2.27. The molecule has 0 spiro atoms. The van der Waals surface area contributed by atoms with Gasteiger partial charge in [0.2, 0.25) is 0 Å². The average molecular weight is 263 g/mol. The van der Waals surface area contributed by atoms with E-state index < -0.39 is 5.82 Å². The minimum Gasteiger partial charge on any atom is -0.381 e. The molecule has 1 heterocycles. The van der Waals surface area contributed by atoms with Crippen molar-refractivity contribution in [3.63, 3.8) is 0 Å². The van der Waals surface area contributed by atoms with Gasteiger partial charge in [-0.25, -0.2) is 4.39 Å². The van der Waals surface area contributed by atoms with Gasteiger partial charge in [0.25, 0.3) is 0 Å². The molecule has 2 N–H and O–H groups in total. The number of piperidine rings is 1. The number of anilines is 1. The lowest BCUT2D eigenvalue weighted by atomic mass is 10.1. The van der Waals surface area contributed by atoms with Crippen molar-refractivity contribution in [3.8, 4) is 0 Å². The molecule has 0 saturated carbocycles. The first-order chi connectivity index (χ1) is 7.66. The van der Waals surface area contributed by atoms with E-state index >= 15 is 0 Å². The molecule has 88 valence electrons. The Kier molecular flexibility index (Phi) is 3.90. The standard InChI is InChI=1S/C11H13Cl2FN2/c12-9-4-8(5-10(13)11(9)14)16-7-2-1-3-15-6-7/h4-5,7,15-16H,1-3,6H2. The number of rotatable bonds is 2. The van der Waals surface area contributed by atoms with E-state index in [0.29, 0.717) is 6.04 Å². The van der Waals surface area contributed by atoms with Crippen molar-refractivity contribution in [1.82, 2.24) is 5.32 Å². The van der Waals surface area contributed by atoms with Crippen LogP contribution in [-0.4, -0.2) is 19.1 Å². The summed E-state index contributed by atoms with van der Waals surface area (Å²) in [6, 6.07) is 3.49. The summed E-state index contributed by atoms with van der Waals surface area (Å²) >= 11 is 11.4. The fourth-order valence-electron chi connectivity index (χ4n) is 1.85. The first-order valence-electron chi connectivity index (χ1n) is 5.28. The van der Waals surface area contributed by atoms with E-state index in [1.807, 2.05) is 0 Å². The van der Waals surface area contributed by atoms with Crippen molar-refractivity contribution in [2.45, 2.75) is 18.9 Å². The van der Waals surface area contributed by atoms with Gasteiger partial charge in [0, 0.05) is 18.3 Å². The van der Waals surface area contributed by atoms with Crippen molar-refractivity contribution in [3.05, 3.63) is 28.0 Å². The zero-order valence-corrected chi connectivity index (χ0v) is 10.2. The van der Waals surface area contributed by atoms with Crippen molar-refractivity contribution < 1.29 is 4.39 Å². The molecule has 1 atom stereocenters. The highest BCUT2D eigenvalue weighted by Gasteiger charge is 2.14. The maximum absolute atomic E-state index is 13.2. The zero-order valence-electron chi connectivity index (χ0n) is 8.69. The summed E-state index contributed by atoms with van der Waals surface area (Å²) in [6.45, 7) is 1.97. The van der Waals surface area contributed by atoms with Gasteiger partial charge < -0.3 is 10.6 Å². The van der Waals surface area contributed by atoms with Gasteiger partial charge in [-0.1, -0.05) is 23.2 Å². The molecule has 2 nitrogen and oxygen atoms in total. The summed E-state index contributed by atoms with van der Waals surface area (Å²) in [6.07, 6.45) is 2.24. The van der Waals surface area contributed by atoms with Crippen LogP contribution in [0.25, 0.3) is 0 Å². The maximum atomic E-state index is 13.2. The molecular formula is C11H13Cl2FN2. The lowest BCUT2D eigenvalue weighted by molar-refractivity contribution is 0.480. The van der Waals surface area contributed by atoms with E-state index in [1.54, 1.807) is 12.1 Å². The molecule has 1 aliphatic heterocycles. The van der Waals surface area contributed by atoms with Crippen molar-refractivity contribution >= 4 is 28.9 Å². The first kappa shape index (κ1) is 12.0. The van der Waals surface area contributed by atoms with Crippen LogP contribution in [0.15, 0.2) is 12.1 Å². The Morgan fingerprint density at radius 1 is 1.31 bits per heavy atom. The molecule has 1 saturated heterocycles. The number of hydrogen-bond acceptors (Lipinski definition) is 2. The number of halogens is 3. The highest BCUT2D eigenvalue weighted by Crippen LogP contribution is 2.28. The largest absolute Gasteiger partial charge is 0.381 e. The van der Waals surface area contributed by atoms with Gasteiger partial charge >= 0.3 is 0 Å². The fraction of sp³-hybridized carbons (Fsp3) is 0.455. The van der Waals surface area contributed by atoms with Crippen LogP contribution in [0.3, 0.4) is 0 Å². The SMILES string of the molecule is Fc1c(Cl)cc(NC2CCCNC2)cc1Cl. The molecule has 0 bridgehead atoms. The van der Waals surface area contributed by atoms with Gasteiger partial charge in [0.1, 0.15) is 0 Å². The van der Waals surface area contributed by atoms with E-state index in [2.05, 4.69) is 10.6 Å². The summed E-state index contributed by atoms with van der Waals surface area (Å²) in [4.78, 5) is 0. The highest BCUT2D eigenvalue weighted by molar-refractivity contribution is 6.35. The molecule has 1 aromatic rings. The molecule has 0 radical (unpaired) electrons. The normalized spacial score (nSPS) is 20.8. The Balaban J connectivity index is 2.09. The lowest BCUT2D eigenvalue weighted by Gasteiger charge is -2.25. The summed E-state index contributed by atoms with van der Waals surface area (Å²) < 4.78 is 13.2. The first-order valence-corrected chi connectivity index (χ1v) is 6.04. The summed E-state index contributed by atoms with van der Waals surface area (Å²) in [7, 11) is 0. The van der Waals surface area contributed by atoms with Crippen LogP contribution in [0.4, 0.5) is 10.1 Å². The van der Waals surface area contributed by atoms with Crippen molar-refractivity contribution in [2.24, 2.45) is 0 Å². The molecule has 1 fully saturated rings. The quantitative estimate of drug-likeness (QED) is 0.800. The topological polar surface area (TPSA) is 24.1 Å². The minimum atomic E-state index is -0.560. The van der Waals surface area contributed by atoms with E-state index in [-0.39, 0.29) is 10.0 Å². The Hall–Kier alpha value is -0.510. The second kappa shape index (κ2) is 5.21. The van der Waals surface area contributed by atoms with Gasteiger partial charge in [-0.15, -0.1) is 0 Å². The van der Waals surface area contributed by atoms with E-state index in [9.17, 15) is 4.39 Å². The van der Waals surface area contributed by atoms with Gasteiger partial charge in [-0.2, -0.15) is 0 Å². The van der Waals surface area contributed by atoms with Crippen molar-refractivity contribution in [2.75, 3.05) is 18.4 Å². The molecular weight excluding hydrogens is 250 g/mol. The van der Waals surface area contributed by atoms with Gasteiger partial charge in [-0.05, 0) is 31.5 Å². The molecule has 5 heteroatoms. The third-order valence-electron chi connectivity index (χ3n) is 2.65. The van der Waals surface area contributed by atoms with Crippen LogP contribution in [0.2, 0.25) is 10.0 Å². The minimum absolute atomic E-state index is 0.0544. The summed E-state index contributed by atoms with van der Waals surface area (Å²) in [5.41, 5.74) is 0.769. The summed E-state index contributed by atoms with van der Waals surface area (Å²) in [5, 5.41) is 6.69. The molecule has 0 aromatic heterocycles. The highest BCUT2D eigenvalue weighted by atomic mass is 35.5. The zero-order chi connectivity index (χ0) is 11.5. The second-order valence-electron chi connectivity index (χ2n) is 3.94. The Morgan fingerprint density at radius 2 is 2.00 bits per heavy atom. The Labute approximate surface area is 104 Å². The number of benzene rings is 1. The molecule has 1 aromatic carbocycles. The van der Waals surface area contributed by atoms with Crippen LogP contribution in [0.5, 0.6) is 0 Å². The van der Waals surface area contributed by atoms with Crippen molar-refractivity contribution in [1.29, 1.82) is 0 Å². The van der Waals surface area contributed by atoms with E-state index in [0.717, 1.165) is 31.6 Å². The number of nitrogens with one attached hydrogen (secondary N) is 2. The number of hydrogen-bond donors (Lipinski definition) is 2. The fourth-order valence-corrected chi connectivity index (χ4v) is 2.34. The molecule has 0 aliphatic carbocycles. The monoisotopic (exact) mass is 262 g/mol. The molecule has 0 amide bonds. The molecule has 16 heavy (non-hydrogen) atoms. The molecule has 1 unspecified atom stereocenters. The van der Waals surface area contributed by atoms with E-state index in [1.165, 1.54) is 0 Å². The van der Waals surface area contributed by atoms with Crippen LogP contribution in [-0.2, 0) is 0 Å². The van der Waals surface area contributed by atoms with Crippen LogP contribution in [0, 0.1) is 5.82 Å². The third-order valence-corrected chi connectivity index (χ3v) is 3.20. The molecule has 1 aliphatic rings. The Morgan fingerprint density at radius 3 is 2.56 bits per heavy atom. The van der Waals surface area contributed by atoms with Gasteiger partial charge in [-0.3, -0.25) is 0 Å². The molecule has 2 rings (SSSR count). The van der Waals surface area contributed by atoms with Gasteiger partial charge in [0.05, 0.1) is 10.0 Å². The third kappa shape index (κ3) is 2.78. The lowest BCUT2D eigenvalue weighted by Crippen LogP contribution is -2.38. The van der Waals surface area contributed by atoms with Crippen LogP contribution < -0.4 is 10.6 Å². The van der Waals surface area contributed by atoms with Crippen LogP contribution >= 0.6 is 23.2 Å². The predicted molar refractivity (Wildman–Crippen MR) is 65.9 cm³/mol. The Bertz CT molecular complexity index is 355. The summed E-state index contributed by atoms with van der Waals surface area (Å²) in [5.74, 6) is -0.560. The maximum Gasteiger partial charge on any atom is 0.160 e. The van der Waals surface area contributed by atoms with Crippen LogP contribution in [0.1, 0.15) is 12.8 Å². The predicted octanol–water partition coefficient (Wildman–Crippen LogP) is 3.30. The second-order valence-corrected chi connectivity index (χ2v) is 4.76. The van der Waals surface area contributed by atoms with Gasteiger partial charge in [0.15, 0.2) is 5.82 Å².